The highest BCUT2D eigenvalue weighted by atomic mass is 16.5. The van der Waals surface area contributed by atoms with Gasteiger partial charge in [0, 0.05) is 6.54 Å². The Hall–Kier alpha value is -2.53. The lowest BCUT2D eigenvalue weighted by Gasteiger charge is -2.13. The van der Waals surface area contributed by atoms with E-state index in [0.717, 1.165) is 11.1 Å². The quantitative estimate of drug-likeness (QED) is 0.766. The predicted molar refractivity (Wildman–Crippen MR) is 90.8 cm³/mol. The van der Waals surface area contributed by atoms with Gasteiger partial charge in [-0.1, -0.05) is 36.4 Å². The van der Waals surface area contributed by atoms with Crippen molar-refractivity contribution < 1.29 is 14.6 Å². The van der Waals surface area contributed by atoms with E-state index in [0.29, 0.717) is 24.4 Å². The molecule has 0 spiro atoms. The Labute approximate surface area is 136 Å². The zero-order valence-electron chi connectivity index (χ0n) is 13.4. The summed E-state index contributed by atoms with van der Waals surface area (Å²) in [5.74, 6) is 0.615. The summed E-state index contributed by atoms with van der Waals surface area (Å²) in [6.45, 7) is 2.33. The summed E-state index contributed by atoms with van der Waals surface area (Å²) in [6, 6.07) is 14.6. The first-order valence-electron chi connectivity index (χ1n) is 7.52. The molecule has 2 amide bonds. The van der Waals surface area contributed by atoms with Crippen LogP contribution in [0.4, 0.5) is 10.5 Å². The highest BCUT2D eigenvalue weighted by Crippen LogP contribution is 2.25. The summed E-state index contributed by atoms with van der Waals surface area (Å²) < 4.78 is 5.25. The average molecular weight is 314 g/mol. The predicted octanol–water partition coefficient (Wildman–Crippen LogP) is 3.25. The van der Waals surface area contributed by atoms with Crippen molar-refractivity contribution in [1.29, 1.82) is 0 Å². The number of aliphatic hydroxyl groups is 1. The molecule has 0 bridgehead atoms. The Kier molecular flexibility index (Phi) is 6.00. The van der Waals surface area contributed by atoms with Crippen LogP contribution in [0.25, 0.3) is 0 Å². The van der Waals surface area contributed by atoms with E-state index in [1.807, 2.05) is 49.4 Å². The van der Waals surface area contributed by atoms with Gasteiger partial charge in [0.05, 0.1) is 18.9 Å². The number of urea groups is 1. The van der Waals surface area contributed by atoms with Crippen LogP contribution < -0.4 is 15.4 Å². The van der Waals surface area contributed by atoms with Gasteiger partial charge in [-0.15, -0.1) is 0 Å². The average Bonchev–Trinajstić information content (AvgIpc) is 2.57. The molecule has 5 nitrogen and oxygen atoms in total. The number of methoxy groups -OCH3 is 1. The minimum Gasteiger partial charge on any atom is -0.495 e. The number of amides is 2. The molecule has 0 aliphatic heterocycles. The van der Waals surface area contributed by atoms with Crippen LogP contribution in [0, 0.1) is 6.92 Å². The summed E-state index contributed by atoms with van der Waals surface area (Å²) in [5, 5.41) is 15.5. The van der Waals surface area contributed by atoms with Crippen LogP contribution in [0.1, 0.15) is 23.7 Å². The van der Waals surface area contributed by atoms with Crippen LogP contribution in [-0.4, -0.2) is 24.8 Å². The third kappa shape index (κ3) is 5.00. The first-order valence-corrected chi connectivity index (χ1v) is 7.52. The van der Waals surface area contributed by atoms with E-state index in [-0.39, 0.29) is 6.03 Å². The lowest BCUT2D eigenvalue weighted by molar-refractivity contribution is 0.167. The number of carbonyl (C=O) groups is 1. The zero-order valence-corrected chi connectivity index (χ0v) is 13.4. The van der Waals surface area contributed by atoms with Crippen molar-refractivity contribution in [3.63, 3.8) is 0 Å². The minimum atomic E-state index is -0.592. The van der Waals surface area contributed by atoms with Gasteiger partial charge in [0.1, 0.15) is 5.75 Å². The van der Waals surface area contributed by atoms with Gasteiger partial charge in [0.2, 0.25) is 0 Å². The fraction of sp³-hybridized carbons (Fsp3) is 0.278. The van der Waals surface area contributed by atoms with Crippen LogP contribution in [0.5, 0.6) is 5.75 Å². The van der Waals surface area contributed by atoms with Gasteiger partial charge in [0.15, 0.2) is 0 Å². The SMILES string of the molecule is COc1cc(C)ccc1NC(=O)NCCC(O)c1ccccc1. The van der Waals surface area contributed by atoms with Gasteiger partial charge >= 0.3 is 6.03 Å². The first-order chi connectivity index (χ1) is 11.1. The summed E-state index contributed by atoms with van der Waals surface area (Å²) >= 11 is 0. The molecule has 23 heavy (non-hydrogen) atoms. The van der Waals surface area contributed by atoms with Crippen LogP contribution in [-0.2, 0) is 0 Å². The van der Waals surface area contributed by atoms with Crippen molar-refractivity contribution >= 4 is 11.7 Å². The third-order valence-corrected chi connectivity index (χ3v) is 3.49. The summed E-state index contributed by atoms with van der Waals surface area (Å²) in [7, 11) is 1.56. The lowest BCUT2D eigenvalue weighted by Crippen LogP contribution is -2.30. The molecule has 0 aromatic heterocycles. The molecule has 2 aromatic rings. The van der Waals surface area contributed by atoms with Crippen molar-refractivity contribution in [1.82, 2.24) is 5.32 Å². The second-order valence-electron chi connectivity index (χ2n) is 5.30. The molecule has 0 aliphatic carbocycles. The molecule has 2 rings (SSSR count). The van der Waals surface area contributed by atoms with Crippen molar-refractivity contribution in [2.75, 3.05) is 19.0 Å². The number of ether oxygens (including phenoxy) is 1. The van der Waals surface area contributed by atoms with E-state index in [1.54, 1.807) is 13.2 Å². The van der Waals surface area contributed by atoms with Crippen molar-refractivity contribution in [3.8, 4) is 5.75 Å². The Bertz CT molecular complexity index is 644. The normalized spacial score (nSPS) is 11.6. The topological polar surface area (TPSA) is 70.6 Å². The van der Waals surface area contributed by atoms with E-state index >= 15 is 0 Å². The van der Waals surface area contributed by atoms with Gasteiger partial charge in [-0.25, -0.2) is 4.79 Å². The van der Waals surface area contributed by atoms with Crippen LogP contribution in [0.15, 0.2) is 48.5 Å². The first kappa shape index (κ1) is 16.8. The number of carbonyl (C=O) groups excluding carboxylic acids is 1. The largest absolute Gasteiger partial charge is 0.495 e. The molecule has 3 N–H and O–H groups in total. The standard InChI is InChI=1S/C18H22N2O3/c1-13-8-9-15(17(12-13)23-2)20-18(22)19-11-10-16(21)14-6-4-3-5-7-14/h3-9,12,16,21H,10-11H2,1-2H3,(H2,19,20,22). The molecule has 0 saturated carbocycles. The molecule has 0 saturated heterocycles. The second-order valence-corrected chi connectivity index (χ2v) is 5.30. The molecular formula is C18H22N2O3. The number of hydrogen-bond acceptors (Lipinski definition) is 3. The molecule has 0 heterocycles. The number of aliphatic hydroxyl groups excluding tert-OH is 1. The Morgan fingerprint density at radius 1 is 1.22 bits per heavy atom. The fourth-order valence-corrected chi connectivity index (χ4v) is 2.23. The number of benzene rings is 2. The monoisotopic (exact) mass is 314 g/mol. The van der Waals surface area contributed by atoms with Crippen LogP contribution >= 0.6 is 0 Å². The summed E-state index contributed by atoms with van der Waals surface area (Å²) in [5.41, 5.74) is 2.51. The highest BCUT2D eigenvalue weighted by Gasteiger charge is 2.09. The number of aryl methyl sites for hydroxylation is 1. The molecule has 1 unspecified atom stereocenters. The number of hydrogen-bond donors (Lipinski definition) is 3. The van der Waals surface area contributed by atoms with Crippen molar-refractivity contribution in [2.24, 2.45) is 0 Å². The van der Waals surface area contributed by atoms with E-state index in [1.165, 1.54) is 0 Å². The zero-order chi connectivity index (χ0) is 16.7. The molecule has 0 aliphatic rings. The molecule has 0 radical (unpaired) electrons. The Balaban J connectivity index is 1.82. The number of rotatable bonds is 6. The smallest absolute Gasteiger partial charge is 0.319 e. The Morgan fingerprint density at radius 2 is 1.96 bits per heavy atom. The minimum absolute atomic E-state index is 0.326. The second kappa shape index (κ2) is 8.19. The Morgan fingerprint density at radius 3 is 2.65 bits per heavy atom. The van der Waals surface area contributed by atoms with Gasteiger partial charge < -0.3 is 20.5 Å². The van der Waals surface area contributed by atoms with Crippen molar-refractivity contribution in [3.05, 3.63) is 59.7 Å². The molecule has 0 fully saturated rings. The van der Waals surface area contributed by atoms with Crippen LogP contribution in [0.3, 0.4) is 0 Å². The van der Waals surface area contributed by atoms with Gasteiger partial charge in [0.25, 0.3) is 0 Å². The fourth-order valence-electron chi connectivity index (χ4n) is 2.23. The maximum atomic E-state index is 11.9. The maximum absolute atomic E-state index is 11.9. The molecule has 122 valence electrons. The lowest BCUT2D eigenvalue weighted by atomic mass is 10.1. The highest BCUT2D eigenvalue weighted by molar-refractivity contribution is 5.90. The molecular weight excluding hydrogens is 292 g/mol. The van der Waals surface area contributed by atoms with E-state index < -0.39 is 6.10 Å². The molecule has 5 heteroatoms. The van der Waals surface area contributed by atoms with E-state index in [9.17, 15) is 9.90 Å². The third-order valence-electron chi connectivity index (χ3n) is 3.49. The summed E-state index contributed by atoms with van der Waals surface area (Å²) in [6.07, 6.45) is -0.145. The summed E-state index contributed by atoms with van der Waals surface area (Å²) in [4.78, 5) is 11.9. The van der Waals surface area contributed by atoms with E-state index in [4.69, 9.17) is 4.74 Å². The van der Waals surface area contributed by atoms with E-state index in [2.05, 4.69) is 10.6 Å². The molecule has 1 atom stereocenters. The van der Waals surface area contributed by atoms with Gasteiger partial charge in [-0.05, 0) is 36.6 Å². The number of anilines is 1. The van der Waals surface area contributed by atoms with Crippen LogP contribution in [0.2, 0.25) is 0 Å². The van der Waals surface area contributed by atoms with Gasteiger partial charge in [-0.3, -0.25) is 0 Å². The number of nitrogens with one attached hydrogen (secondary N) is 2. The van der Waals surface area contributed by atoms with Crippen molar-refractivity contribution in [2.45, 2.75) is 19.4 Å². The van der Waals surface area contributed by atoms with Gasteiger partial charge in [-0.2, -0.15) is 0 Å². The molecule has 2 aromatic carbocycles. The maximum Gasteiger partial charge on any atom is 0.319 e.